The Morgan fingerprint density at radius 2 is 1.85 bits per heavy atom. The number of amides is 2. The number of methoxy groups -OCH3 is 2. The summed E-state index contributed by atoms with van der Waals surface area (Å²) in [6.07, 6.45) is 7.15. The van der Waals surface area contributed by atoms with E-state index >= 15 is 0 Å². The first-order chi connectivity index (χ1) is 18.9. The van der Waals surface area contributed by atoms with Gasteiger partial charge in [0, 0.05) is 30.5 Å². The molecule has 1 saturated heterocycles. The summed E-state index contributed by atoms with van der Waals surface area (Å²) in [6, 6.07) is 13.9. The van der Waals surface area contributed by atoms with Crippen LogP contribution in [0.3, 0.4) is 0 Å². The fourth-order valence-corrected chi connectivity index (χ4v) is 6.23. The molecule has 4 rings (SSSR count). The van der Waals surface area contributed by atoms with Gasteiger partial charge in [-0.1, -0.05) is 66.3 Å². The number of hydrogen-bond donors (Lipinski definition) is 1. The van der Waals surface area contributed by atoms with Crippen LogP contribution in [0.25, 0.3) is 6.08 Å². The Hall–Kier alpha value is -3.21. The predicted molar refractivity (Wildman–Crippen MR) is 163 cm³/mol. The van der Waals surface area contributed by atoms with E-state index in [4.69, 9.17) is 21.7 Å². The third-order valence-electron chi connectivity index (χ3n) is 6.16. The number of thiazole rings is 1. The Bertz CT molecular complexity index is 1370. The van der Waals surface area contributed by atoms with Gasteiger partial charge in [0.25, 0.3) is 5.91 Å². The van der Waals surface area contributed by atoms with Gasteiger partial charge < -0.3 is 14.8 Å². The number of hydrogen-bond acceptors (Lipinski definition) is 8. The standard InChI is InChI=1S/C29H31N3O4S3/c1-19-8-10-20(11-9-19)15-22-18-30-28(38-22)31-26(33)7-5-4-6-14-32-27(34)25(39-29(32)37)17-21-12-13-23(35-2)24(16-21)36-3/h8-13,16-18H,4-7,14-15H2,1-3H3,(H,30,31,33)/b25-17-. The number of rotatable bonds is 12. The molecule has 0 radical (unpaired) electrons. The number of aryl methyl sites for hydroxylation is 1. The van der Waals surface area contributed by atoms with Crippen molar-refractivity contribution in [3.63, 3.8) is 0 Å². The van der Waals surface area contributed by atoms with E-state index < -0.39 is 0 Å². The molecule has 1 aromatic heterocycles. The van der Waals surface area contributed by atoms with Crippen LogP contribution in [0.4, 0.5) is 5.13 Å². The van der Waals surface area contributed by atoms with E-state index in [0.717, 1.165) is 36.1 Å². The molecule has 1 aliphatic heterocycles. The van der Waals surface area contributed by atoms with Gasteiger partial charge in [0.15, 0.2) is 16.6 Å². The highest BCUT2D eigenvalue weighted by atomic mass is 32.2. The third kappa shape index (κ3) is 7.90. The average Bonchev–Trinajstić information content (AvgIpc) is 3.47. The zero-order valence-electron chi connectivity index (χ0n) is 22.2. The lowest BCUT2D eigenvalue weighted by molar-refractivity contribution is -0.122. The second-order valence-electron chi connectivity index (χ2n) is 9.10. The molecule has 0 aliphatic carbocycles. The fourth-order valence-electron chi connectivity index (χ4n) is 4.05. The summed E-state index contributed by atoms with van der Waals surface area (Å²) < 4.78 is 11.2. The van der Waals surface area contributed by atoms with Crippen LogP contribution in [0.15, 0.2) is 53.6 Å². The average molecular weight is 582 g/mol. The van der Waals surface area contributed by atoms with Crippen LogP contribution >= 0.6 is 35.3 Å². The molecule has 2 aromatic carbocycles. The zero-order valence-corrected chi connectivity index (χ0v) is 24.6. The summed E-state index contributed by atoms with van der Waals surface area (Å²) in [5.41, 5.74) is 3.29. The van der Waals surface area contributed by atoms with Crippen LogP contribution in [-0.2, 0) is 16.0 Å². The quantitative estimate of drug-likeness (QED) is 0.149. The first-order valence-electron chi connectivity index (χ1n) is 12.6. The summed E-state index contributed by atoms with van der Waals surface area (Å²) in [7, 11) is 3.16. The second kappa shape index (κ2) is 13.7. The Morgan fingerprint density at radius 3 is 2.59 bits per heavy atom. The molecular weight excluding hydrogens is 551 g/mol. The van der Waals surface area contributed by atoms with Crippen LogP contribution in [0, 0.1) is 6.92 Å². The number of nitrogens with zero attached hydrogens (tertiary/aromatic N) is 2. The number of unbranched alkanes of at least 4 members (excludes halogenated alkanes) is 2. The molecular formula is C29H31N3O4S3. The van der Waals surface area contributed by atoms with Crippen LogP contribution < -0.4 is 14.8 Å². The van der Waals surface area contributed by atoms with E-state index in [1.807, 2.05) is 24.4 Å². The molecule has 0 unspecified atom stereocenters. The van der Waals surface area contributed by atoms with Gasteiger partial charge in [-0.05, 0) is 49.1 Å². The summed E-state index contributed by atoms with van der Waals surface area (Å²) in [6.45, 7) is 2.60. The molecule has 204 valence electrons. The fraction of sp³-hybridized carbons (Fsp3) is 0.310. The van der Waals surface area contributed by atoms with E-state index in [0.29, 0.717) is 38.8 Å². The van der Waals surface area contributed by atoms with E-state index in [-0.39, 0.29) is 11.8 Å². The SMILES string of the molecule is COc1ccc(/C=C2\SC(=S)N(CCCCCC(=O)Nc3ncc(Cc4ccc(C)cc4)s3)C2=O)cc1OC. The van der Waals surface area contributed by atoms with Gasteiger partial charge in [0.1, 0.15) is 4.32 Å². The molecule has 10 heteroatoms. The zero-order chi connectivity index (χ0) is 27.8. The minimum atomic E-state index is -0.0947. The largest absolute Gasteiger partial charge is 0.493 e. The Morgan fingerprint density at radius 1 is 1.08 bits per heavy atom. The topological polar surface area (TPSA) is 80.8 Å². The second-order valence-corrected chi connectivity index (χ2v) is 11.9. The highest BCUT2D eigenvalue weighted by Crippen LogP contribution is 2.35. The van der Waals surface area contributed by atoms with Gasteiger partial charge in [-0.2, -0.15) is 0 Å². The number of thiocarbonyl (C=S) groups is 1. The van der Waals surface area contributed by atoms with E-state index in [1.54, 1.807) is 25.2 Å². The smallest absolute Gasteiger partial charge is 0.266 e. The molecule has 1 N–H and O–H groups in total. The molecule has 1 aliphatic rings. The normalized spacial score (nSPS) is 14.2. The number of benzene rings is 2. The summed E-state index contributed by atoms with van der Waals surface area (Å²) in [5.74, 6) is 1.09. The van der Waals surface area contributed by atoms with Crippen molar-refractivity contribution < 1.29 is 19.1 Å². The molecule has 1 fully saturated rings. The van der Waals surface area contributed by atoms with Crippen LogP contribution in [0.1, 0.15) is 47.3 Å². The maximum atomic E-state index is 12.9. The van der Waals surface area contributed by atoms with Crippen LogP contribution in [0.5, 0.6) is 11.5 Å². The highest BCUT2D eigenvalue weighted by Gasteiger charge is 2.31. The van der Waals surface area contributed by atoms with Gasteiger partial charge in [-0.25, -0.2) is 4.98 Å². The van der Waals surface area contributed by atoms with Gasteiger partial charge in [0.2, 0.25) is 5.91 Å². The van der Waals surface area contributed by atoms with Gasteiger partial charge in [-0.3, -0.25) is 14.5 Å². The molecule has 0 saturated carbocycles. The third-order valence-corrected chi connectivity index (χ3v) is 8.45. The van der Waals surface area contributed by atoms with Crippen molar-refractivity contribution >= 4 is 62.7 Å². The van der Waals surface area contributed by atoms with Crippen LogP contribution in [0.2, 0.25) is 0 Å². The molecule has 2 heterocycles. The molecule has 0 bridgehead atoms. The predicted octanol–water partition coefficient (Wildman–Crippen LogP) is 6.46. The maximum Gasteiger partial charge on any atom is 0.266 e. The monoisotopic (exact) mass is 581 g/mol. The number of carbonyl (C=O) groups is 2. The lowest BCUT2D eigenvalue weighted by atomic mass is 10.1. The van der Waals surface area contributed by atoms with Crippen molar-refractivity contribution in [2.24, 2.45) is 0 Å². The minimum absolute atomic E-state index is 0.0466. The summed E-state index contributed by atoms with van der Waals surface area (Å²) >= 11 is 8.26. The minimum Gasteiger partial charge on any atom is -0.493 e. The van der Waals surface area contributed by atoms with Crippen LogP contribution in [-0.4, -0.2) is 46.8 Å². The molecule has 3 aromatic rings. The first-order valence-corrected chi connectivity index (χ1v) is 14.7. The number of ether oxygens (including phenoxy) is 2. The van der Waals surface area contributed by atoms with Crippen molar-refractivity contribution in [3.05, 3.63) is 75.1 Å². The van der Waals surface area contributed by atoms with Crippen molar-refractivity contribution in [3.8, 4) is 11.5 Å². The summed E-state index contributed by atoms with van der Waals surface area (Å²) in [5, 5.41) is 3.53. The van der Waals surface area contributed by atoms with E-state index in [2.05, 4.69) is 41.5 Å². The van der Waals surface area contributed by atoms with Gasteiger partial charge in [-0.15, -0.1) is 11.3 Å². The molecule has 0 spiro atoms. The molecule has 39 heavy (non-hydrogen) atoms. The highest BCUT2D eigenvalue weighted by molar-refractivity contribution is 8.26. The van der Waals surface area contributed by atoms with Crippen molar-refractivity contribution in [1.29, 1.82) is 0 Å². The molecule has 0 atom stereocenters. The van der Waals surface area contributed by atoms with E-state index in [9.17, 15) is 9.59 Å². The van der Waals surface area contributed by atoms with Gasteiger partial charge >= 0.3 is 0 Å². The lowest BCUT2D eigenvalue weighted by Crippen LogP contribution is -2.29. The number of anilines is 1. The maximum absolute atomic E-state index is 12.9. The molecule has 7 nitrogen and oxygen atoms in total. The Balaban J connectivity index is 1.19. The summed E-state index contributed by atoms with van der Waals surface area (Å²) in [4.78, 5) is 33.0. The number of thioether (sulfide) groups is 1. The lowest BCUT2D eigenvalue weighted by Gasteiger charge is -2.14. The molecule has 2 amide bonds. The van der Waals surface area contributed by atoms with Gasteiger partial charge in [0.05, 0.1) is 19.1 Å². The Labute approximate surface area is 242 Å². The van der Waals surface area contributed by atoms with Crippen molar-refractivity contribution in [1.82, 2.24) is 9.88 Å². The number of carbonyl (C=O) groups excluding carboxylic acids is 2. The van der Waals surface area contributed by atoms with E-state index in [1.165, 1.54) is 34.2 Å². The Kier molecular flexibility index (Phi) is 10.1. The van der Waals surface area contributed by atoms with Crippen molar-refractivity contribution in [2.45, 2.75) is 39.0 Å². The number of aromatic nitrogens is 1. The first kappa shape index (κ1) is 28.8. The van der Waals surface area contributed by atoms with Crippen molar-refractivity contribution in [2.75, 3.05) is 26.1 Å². The number of nitrogens with one attached hydrogen (secondary N) is 1.